The number of halogens is 2. The Morgan fingerprint density at radius 1 is 1.47 bits per heavy atom. The number of nitriles is 1. The summed E-state index contributed by atoms with van der Waals surface area (Å²) in [5, 5.41) is 7.41. The maximum atomic E-state index is 12.9. The molecule has 1 atom stereocenters. The second-order valence-electron chi connectivity index (χ2n) is 4.08. The lowest BCUT2D eigenvalue weighted by molar-refractivity contribution is -0.117. The summed E-state index contributed by atoms with van der Waals surface area (Å²) in [5.74, 6) is -0.461. The molecular weight excluding hydrogens is 339 g/mol. The van der Waals surface area contributed by atoms with Gasteiger partial charge < -0.3 is 4.90 Å². The van der Waals surface area contributed by atoms with Crippen LogP contribution >= 0.6 is 15.9 Å². The van der Waals surface area contributed by atoms with E-state index < -0.39 is 21.4 Å². The Labute approximate surface area is 118 Å². The number of rotatable bonds is 2. The summed E-state index contributed by atoms with van der Waals surface area (Å²) < 4.78 is 35.1. The third-order valence-corrected chi connectivity index (χ3v) is 4.60. The Balaban J connectivity index is 2.34. The molecule has 1 unspecified atom stereocenters. The molecule has 1 heterocycles. The number of hydrogen-bond donors (Lipinski definition) is 0. The fourth-order valence-corrected chi connectivity index (χ4v) is 3.15. The predicted molar refractivity (Wildman–Crippen MR) is 69.6 cm³/mol. The summed E-state index contributed by atoms with van der Waals surface area (Å²) in [6.07, 6.45) is -0.370. The second-order valence-corrected chi connectivity index (χ2v) is 6.56. The lowest BCUT2D eigenvalue weighted by Gasteiger charge is -2.17. The highest BCUT2D eigenvalue weighted by atomic mass is 79.9. The minimum absolute atomic E-state index is 0.220. The van der Waals surface area contributed by atoms with Crippen molar-refractivity contribution in [2.75, 3.05) is 11.4 Å². The Morgan fingerprint density at radius 2 is 2.16 bits per heavy atom. The molecule has 1 aromatic rings. The van der Waals surface area contributed by atoms with Gasteiger partial charge >= 0.3 is 10.2 Å². The molecule has 1 aliphatic rings. The Hall–Kier alpha value is -1.46. The normalized spacial score (nSPS) is 19.5. The van der Waals surface area contributed by atoms with Crippen LogP contribution in [-0.4, -0.2) is 26.1 Å². The van der Waals surface area contributed by atoms with Gasteiger partial charge in [0.25, 0.3) is 0 Å². The summed E-state index contributed by atoms with van der Waals surface area (Å²) in [7, 11) is -4.73. The number of carbonyl (C=O) groups excluding carboxylic acids is 1. The molecule has 0 aliphatic carbocycles. The van der Waals surface area contributed by atoms with Crippen molar-refractivity contribution in [2.45, 2.75) is 11.7 Å². The van der Waals surface area contributed by atoms with E-state index in [1.165, 1.54) is 23.1 Å². The standard InChI is InChI=1S/C11H8BrFN2O3S/c12-9-3-7(5-14)1-2-10(9)15-6-8(4-11(15)16)19(13,17)18/h1-3,8H,4,6H2. The van der Waals surface area contributed by atoms with Gasteiger partial charge in [-0.15, -0.1) is 3.89 Å². The van der Waals surface area contributed by atoms with Gasteiger partial charge in [0.05, 0.1) is 17.3 Å². The number of nitrogens with zero attached hydrogens (tertiary/aromatic N) is 2. The molecule has 2 rings (SSSR count). The van der Waals surface area contributed by atoms with E-state index in [1.807, 2.05) is 6.07 Å². The van der Waals surface area contributed by atoms with Gasteiger partial charge in [-0.2, -0.15) is 13.7 Å². The lowest BCUT2D eigenvalue weighted by atomic mass is 10.2. The average Bonchev–Trinajstić information content (AvgIpc) is 2.71. The van der Waals surface area contributed by atoms with Gasteiger partial charge in [-0.05, 0) is 34.1 Å². The summed E-state index contributed by atoms with van der Waals surface area (Å²) in [4.78, 5) is 12.9. The summed E-state index contributed by atoms with van der Waals surface area (Å²) in [5.41, 5.74) is 0.826. The molecule has 0 radical (unpaired) electrons. The van der Waals surface area contributed by atoms with E-state index in [1.54, 1.807) is 0 Å². The molecule has 1 aliphatic heterocycles. The maximum Gasteiger partial charge on any atom is 0.307 e. The quantitative estimate of drug-likeness (QED) is 0.764. The van der Waals surface area contributed by atoms with Crippen molar-refractivity contribution >= 4 is 37.7 Å². The van der Waals surface area contributed by atoms with E-state index in [0.29, 0.717) is 15.7 Å². The molecule has 1 aromatic carbocycles. The largest absolute Gasteiger partial charge is 0.310 e. The van der Waals surface area contributed by atoms with E-state index >= 15 is 0 Å². The van der Waals surface area contributed by atoms with E-state index in [9.17, 15) is 17.1 Å². The minimum atomic E-state index is -4.73. The topological polar surface area (TPSA) is 78.2 Å². The molecule has 0 saturated carbocycles. The second kappa shape index (κ2) is 4.90. The van der Waals surface area contributed by atoms with Gasteiger partial charge in [-0.3, -0.25) is 4.79 Å². The lowest BCUT2D eigenvalue weighted by Crippen LogP contribution is -2.27. The molecule has 8 heteroatoms. The van der Waals surface area contributed by atoms with E-state index in [2.05, 4.69) is 15.9 Å². The highest BCUT2D eigenvalue weighted by Crippen LogP contribution is 2.32. The van der Waals surface area contributed by atoms with Crippen LogP contribution in [0.15, 0.2) is 22.7 Å². The van der Waals surface area contributed by atoms with E-state index in [0.717, 1.165) is 0 Å². The van der Waals surface area contributed by atoms with E-state index in [-0.39, 0.29) is 13.0 Å². The zero-order valence-corrected chi connectivity index (χ0v) is 11.9. The third-order valence-electron chi connectivity index (χ3n) is 2.86. The van der Waals surface area contributed by atoms with Crippen molar-refractivity contribution < 1.29 is 17.1 Å². The third kappa shape index (κ3) is 2.77. The van der Waals surface area contributed by atoms with Crippen LogP contribution in [0.5, 0.6) is 0 Å². The number of hydrogen-bond acceptors (Lipinski definition) is 4. The molecule has 5 nitrogen and oxygen atoms in total. The van der Waals surface area contributed by atoms with Crippen LogP contribution < -0.4 is 4.90 Å². The van der Waals surface area contributed by atoms with Crippen molar-refractivity contribution in [1.29, 1.82) is 5.26 Å². The first-order chi connectivity index (χ1) is 8.82. The maximum absolute atomic E-state index is 12.9. The van der Waals surface area contributed by atoms with Gasteiger partial charge in [-0.1, -0.05) is 0 Å². The van der Waals surface area contributed by atoms with Crippen molar-refractivity contribution in [1.82, 2.24) is 0 Å². The molecule has 1 saturated heterocycles. The fraction of sp³-hybridized carbons (Fsp3) is 0.273. The average molecular weight is 347 g/mol. The van der Waals surface area contributed by atoms with Gasteiger partial charge in [0.15, 0.2) is 0 Å². The summed E-state index contributed by atoms with van der Waals surface area (Å²) in [6.45, 7) is -0.220. The van der Waals surface area contributed by atoms with Crippen LogP contribution in [0.25, 0.3) is 0 Å². The van der Waals surface area contributed by atoms with Crippen molar-refractivity contribution in [3.05, 3.63) is 28.2 Å². The van der Waals surface area contributed by atoms with Gasteiger partial charge in [0.1, 0.15) is 5.25 Å². The van der Waals surface area contributed by atoms with E-state index in [4.69, 9.17) is 5.26 Å². The monoisotopic (exact) mass is 346 g/mol. The van der Waals surface area contributed by atoms with Crippen LogP contribution in [0.2, 0.25) is 0 Å². The molecule has 19 heavy (non-hydrogen) atoms. The molecule has 1 fully saturated rings. The number of anilines is 1. The zero-order valence-electron chi connectivity index (χ0n) is 9.51. The summed E-state index contributed by atoms with van der Waals surface area (Å²) >= 11 is 3.21. The zero-order chi connectivity index (χ0) is 14.2. The number of benzene rings is 1. The Kier molecular flexibility index (Phi) is 3.60. The first-order valence-corrected chi connectivity index (χ1v) is 7.50. The first kappa shape index (κ1) is 14.0. The number of amides is 1. The van der Waals surface area contributed by atoms with Gasteiger partial charge in [0, 0.05) is 17.4 Å². The highest BCUT2D eigenvalue weighted by molar-refractivity contribution is 9.10. The Bertz CT molecular complexity index is 684. The molecule has 100 valence electrons. The molecule has 0 bridgehead atoms. The molecule has 0 spiro atoms. The van der Waals surface area contributed by atoms with Crippen LogP contribution in [0.3, 0.4) is 0 Å². The van der Waals surface area contributed by atoms with Crippen molar-refractivity contribution in [3.63, 3.8) is 0 Å². The van der Waals surface area contributed by atoms with Crippen LogP contribution in [0, 0.1) is 11.3 Å². The molecule has 1 amide bonds. The highest BCUT2D eigenvalue weighted by Gasteiger charge is 2.39. The van der Waals surface area contributed by atoms with Crippen molar-refractivity contribution in [2.24, 2.45) is 0 Å². The van der Waals surface area contributed by atoms with Gasteiger partial charge in [0.2, 0.25) is 5.91 Å². The smallest absolute Gasteiger partial charge is 0.307 e. The SMILES string of the molecule is N#Cc1ccc(N2CC(S(=O)(=O)F)CC2=O)c(Br)c1. The number of carbonyl (C=O) groups is 1. The fourth-order valence-electron chi connectivity index (χ4n) is 1.89. The first-order valence-electron chi connectivity index (χ1n) is 5.26. The molecule has 0 aromatic heterocycles. The van der Waals surface area contributed by atoms with Crippen LogP contribution in [-0.2, 0) is 15.0 Å². The van der Waals surface area contributed by atoms with Crippen LogP contribution in [0.4, 0.5) is 9.57 Å². The predicted octanol–water partition coefficient (Wildman–Crippen LogP) is 1.73. The van der Waals surface area contributed by atoms with Crippen molar-refractivity contribution in [3.8, 4) is 6.07 Å². The van der Waals surface area contributed by atoms with Crippen LogP contribution in [0.1, 0.15) is 12.0 Å². The van der Waals surface area contributed by atoms with Gasteiger partial charge in [-0.25, -0.2) is 0 Å². The minimum Gasteiger partial charge on any atom is -0.310 e. The molecular formula is C11H8BrFN2O3S. The molecule has 0 N–H and O–H groups in total. The Morgan fingerprint density at radius 3 is 2.63 bits per heavy atom. The summed E-state index contributed by atoms with van der Waals surface area (Å²) in [6, 6.07) is 6.48.